The highest BCUT2D eigenvalue weighted by atomic mass is 16.3. The molecule has 17 heavy (non-hydrogen) atoms. The van der Waals surface area contributed by atoms with Crippen molar-refractivity contribution in [1.82, 2.24) is 5.32 Å². The average Bonchev–Trinajstić information content (AvgIpc) is 2.33. The molecule has 2 N–H and O–H groups in total. The summed E-state index contributed by atoms with van der Waals surface area (Å²) in [6, 6.07) is 8.83. The fourth-order valence-electron chi connectivity index (χ4n) is 2.46. The lowest BCUT2D eigenvalue weighted by atomic mass is 9.89. The minimum Gasteiger partial charge on any atom is -0.393 e. The monoisotopic (exact) mass is 233 g/mol. The summed E-state index contributed by atoms with van der Waals surface area (Å²) >= 11 is 0. The molecule has 2 rings (SSSR count). The Hall–Kier alpha value is -0.860. The molecule has 0 radical (unpaired) electrons. The van der Waals surface area contributed by atoms with Crippen molar-refractivity contribution in [2.75, 3.05) is 13.1 Å². The molecule has 0 saturated carbocycles. The molecule has 0 bridgehead atoms. The molecule has 1 aromatic rings. The third-order valence-electron chi connectivity index (χ3n) is 3.71. The molecule has 1 aromatic carbocycles. The Bertz CT molecular complexity index is 344. The normalized spacial score (nSPS) is 25.2. The van der Waals surface area contributed by atoms with Crippen LogP contribution in [0.4, 0.5) is 0 Å². The molecule has 1 aliphatic heterocycles. The van der Waals surface area contributed by atoms with E-state index in [1.807, 2.05) is 0 Å². The Kier molecular flexibility index (Phi) is 4.19. The molecule has 0 spiro atoms. The predicted molar refractivity (Wildman–Crippen MR) is 71.2 cm³/mol. The molecule has 2 nitrogen and oxygen atoms in total. The Labute approximate surface area is 104 Å². The van der Waals surface area contributed by atoms with Gasteiger partial charge in [0.25, 0.3) is 0 Å². The van der Waals surface area contributed by atoms with Gasteiger partial charge < -0.3 is 10.4 Å². The van der Waals surface area contributed by atoms with Crippen LogP contribution in [0.2, 0.25) is 0 Å². The molecule has 1 saturated heterocycles. The maximum absolute atomic E-state index is 9.93. The second kappa shape index (κ2) is 5.65. The van der Waals surface area contributed by atoms with Gasteiger partial charge in [-0.25, -0.2) is 0 Å². The average molecular weight is 233 g/mol. The largest absolute Gasteiger partial charge is 0.393 e. The maximum atomic E-state index is 9.93. The van der Waals surface area contributed by atoms with Gasteiger partial charge in [-0.2, -0.15) is 0 Å². The fraction of sp³-hybridized carbons (Fsp3) is 0.600. The number of nitrogens with one attached hydrogen (secondary N) is 1. The molecule has 94 valence electrons. The lowest BCUT2D eigenvalue weighted by Crippen LogP contribution is -2.40. The Balaban J connectivity index is 1.98. The van der Waals surface area contributed by atoms with Gasteiger partial charge in [-0.1, -0.05) is 38.1 Å². The first kappa shape index (κ1) is 12.6. The van der Waals surface area contributed by atoms with Gasteiger partial charge >= 0.3 is 0 Å². The van der Waals surface area contributed by atoms with Crippen LogP contribution in [0.1, 0.15) is 37.3 Å². The van der Waals surface area contributed by atoms with Crippen LogP contribution in [0.3, 0.4) is 0 Å². The Morgan fingerprint density at radius 3 is 2.59 bits per heavy atom. The molecule has 0 aromatic heterocycles. The SMILES string of the molecule is CC(C)c1ccc(CC2CNCCC2O)cc1. The van der Waals surface area contributed by atoms with Crippen molar-refractivity contribution >= 4 is 0 Å². The molecular weight excluding hydrogens is 210 g/mol. The lowest BCUT2D eigenvalue weighted by Gasteiger charge is -2.28. The summed E-state index contributed by atoms with van der Waals surface area (Å²) in [6.45, 7) is 6.31. The summed E-state index contributed by atoms with van der Waals surface area (Å²) in [5.74, 6) is 0.958. The summed E-state index contributed by atoms with van der Waals surface area (Å²) in [7, 11) is 0. The van der Waals surface area contributed by atoms with Gasteiger partial charge in [-0.15, -0.1) is 0 Å². The fourth-order valence-corrected chi connectivity index (χ4v) is 2.46. The molecule has 2 atom stereocenters. The van der Waals surface area contributed by atoms with Gasteiger partial charge in [-0.3, -0.25) is 0 Å². The highest BCUT2D eigenvalue weighted by Gasteiger charge is 2.22. The molecule has 0 aliphatic carbocycles. The van der Waals surface area contributed by atoms with E-state index in [0.717, 1.165) is 25.9 Å². The van der Waals surface area contributed by atoms with Crippen LogP contribution in [-0.2, 0) is 6.42 Å². The number of rotatable bonds is 3. The van der Waals surface area contributed by atoms with Crippen LogP contribution >= 0.6 is 0 Å². The number of benzene rings is 1. The first-order chi connectivity index (χ1) is 8.16. The van der Waals surface area contributed by atoms with E-state index in [4.69, 9.17) is 0 Å². The van der Waals surface area contributed by atoms with E-state index in [9.17, 15) is 5.11 Å². The molecule has 2 unspecified atom stereocenters. The van der Waals surface area contributed by atoms with E-state index in [1.54, 1.807) is 0 Å². The smallest absolute Gasteiger partial charge is 0.0595 e. The second-order valence-corrected chi connectivity index (χ2v) is 5.42. The molecule has 2 heteroatoms. The zero-order valence-corrected chi connectivity index (χ0v) is 10.8. The number of aliphatic hydroxyl groups is 1. The van der Waals surface area contributed by atoms with Crippen LogP contribution in [0.15, 0.2) is 24.3 Å². The minimum atomic E-state index is -0.138. The minimum absolute atomic E-state index is 0.138. The van der Waals surface area contributed by atoms with Gasteiger partial charge in [0.1, 0.15) is 0 Å². The second-order valence-electron chi connectivity index (χ2n) is 5.42. The number of aliphatic hydroxyl groups excluding tert-OH is 1. The standard InChI is InChI=1S/C15H23NO/c1-11(2)13-5-3-12(4-6-13)9-14-10-16-8-7-15(14)17/h3-6,11,14-17H,7-10H2,1-2H3. The number of hydrogen-bond donors (Lipinski definition) is 2. The summed E-state index contributed by atoms with van der Waals surface area (Å²) in [4.78, 5) is 0. The third-order valence-corrected chi connectivity index (χ3v) is 3.71. The lowest BCUT2D eigenvalue weighted by molar-refractivity contribution is 0.0791. The predicted octanol–water partition coefficient (Wildman–Crippen LogP) is 2.32. The molecule has 1 aliphatic rings. The van der Waals surface area contributed by atoms with Crippen molar-refractivity contribution in [3.8, 4) is 0 Å². The summed E-state index contributed by atoms with van der Waals surface area (Å²) < 4.78 is 0. The zero-order valence-electron chi connectivity index (χ0n) is 10.8. The highest BCUT2D eigenvalue weighted by molar-refractivity contribution is 5.25. The first-order valence-electron chi connectivity index (χ1n) is 6.64. The van der Waals surface area contributed by atoms with E-state index in [2.05, 4.69) is 43.4 Å². The molecular formula is C15H23NO. The zero-order chi connectivity index (χ0) is 12.3. The molecule has 1 fully saturated rings. The van der Waals surface area contributed by atoms with E-state index < -0.39 is 0 Å². The summed E-state index contributed by atoms with van der Waals surface area (Å²) in [5.41, 5.74) is 2.72. The van der Waals surface area contributed by atoms with Crippen molar-refractivity contribution in [1.29, 1.82) is 0 Å². The van der Waals surface area contributed by atoms with Crippen molar-refractivity contribution in [2.24, 2.45) is 5.92 Å². The third kappa shape index (κ3) is 3.30. The van der Waals surface area contributed by atoms with Crippen molar-refractivity contribution in [3.05, 3.63) is 35.4 Å². The molecule has 1 heterocycles. The van der Waals surface area contributed by atoms with Crippen LogP contribution in [0.25, 0.3) is 0 Å². The van der Waals surface area contributed by atoms with Crippen molar-refractivity contribution in [3.63, 3.8) is 0 Å². The van der Waals surface area contributed by atoms with Gasteiger partial charge in [-0.05, 0) is 36.4 Å². The maximum Gasteiger partial charge on any atom is 0.0595 e. The number of piperidine rings is 1. The van der Waals surface area contributed by atoms with Crippen LogP contribution in [0.5, 0.6) is 0 Å². The van der Waals surface area contributed by atoms with E-state index in [1.165, 1.54) is 11.1 Å². The molecule has 0 amide bonds. The number of hydrogen-bond acceptors (Lipinski definition) is 2. The van der Waals surface area contributed by atoms with Gasteiger partial charge in [0.2, 0.25) is 0 Å². The highest BCUT2D eigenvalue weighted by Crippen LogP contribution is 2.19. The van der Waals surface area contributed by atoms with Crippen molar-refractivity contribution in [2.45, 2.75) is 38.7 Å². The Morgan fingerprint density at radius 2 is 2.00 bits per heavy atom. The van der Waals surface area contributed by atoms with Crippen molar-refractivity contribution < 1.29 is 5.11 Å². The van der Waals surface area contributed by atoms with E-state index >= 15 is 0 Å². The Morgan fingerprint density at radius 1 is 1.29 bits per heavy atom. The van der Waals surface area contributed by atoms with Crippen LogP contribution in [0, 0.1) is 5.92 Å². The topological polar surface area (TPSA) is 32.3 Å². The quantitative estimate of drug-likeness (QED) is 0.840. The van der Waals surface area contributed by atoms with Gasteiger partial charge in [0.05, 0.1) is 6.10 Å². The van der Waals surface area contributed by atoms with E-state index in [-0.39, 0.29) is 6.10 Å². The summed E-state index contributed by atoms with van der Waals surface area (Å²) in [5, 5.41) is 13.3. The first-order valence-corrected chi connectivity index (χ1v) is 6.64. The van der Waals surface area contributed by atoms with Gasteiger partial charge in [0, 0.05) is 12.5 Å². The van der Waals surface area contributed by atoms with Crippen LogP contribution < -0.4 is 5.32 Å². The van der Waals surface area contributed by atoms with Gasteiger partial charge in [0.15, 0.2) is 0 Å². The summed E-state index contributed by atoms with van der Waals surface area (Å²) in [6.07, 6.45) is 1.72. The van der Waals surface area contributed by atoms with E-state index in [0.29, 0.717) is 11.8 Å². The van der Waals surface area contributed by atoms with Crippen LogP contribution in [-0.4, -0.2) is 24.3 Å².